The number of primary amides is 1. The standard InChI is InChI=1S/C29H35N3O9/c1-13-14-7-6-8-15(33)18(14)23(35)19-17(13)25(41-16(34)9-12-32-10-4-5-11-32)21-22(31(2)3)24(36)20(28(30)39)27(38)29(21,40)26(19)37/h6-8,13,17,19-22,25,33,40H,4-5,9-12H2,1-3H3,(H2,30,39)/t13-,17+,19?,20?,21+,22-,25-,29-/m0/s1. The van der Waals surface area contributed by atoms with E-state index in [1.807, 2.05) is 0 Å². The van der Waals surface area contributed by atoms with Gasteiger partial charge in [0, 0.05) is 12.5 Å². The minimum atomic E-state index is -3.03. The van der Waals surface area contributed by atoms with Crippen LogP contribution in [0.1, 0.15) is 48.0 Å². The highest BCUT2D eigenvalue weighted by Crippen LogP contribution is 2.55. The molecule has 4 N–H and O–H groups in total. The largest absolute Gasteiger partial charge is 0.507 e. The van der Waals surface area contributed by atoms with E-state index < -0.39 is 82.3 Å². The number of hydrogen-bond acceptors (Lipinski definition) is 11. The van der Waals surface area contributed by atoms with Crippen LogP contribution < -0.4 is 5.73 Å². The highest BCUT2D eigenvalue weighted by molar-refractivity contribution is 6.32. The lowest BCUT2D eigenvalue weighted by Crippen LogP contribution is -2.78. The second-order valence-corrected chi connectivity index (χ2v) is 11.9. The number of aromatic hydroxyl groups is 1. The van der Waals surface area contributed by atoms with E-state index >= 15 is 0 Å². The number of nitrogens with two attached hydrogens (primary N) is 1. The summed E-state index contributed by atoms with van der Waals surface area (Å²) in [6.07, 6.45) is 0.573. The average molecular weight is 570 g/mol. The second kappa shape index (κ2) is 10.4. The van der Waals surface area contributed by atoms with Gasteiger partial charge in [-0.3, -0.25) is 33.7 Å². The van der Waals surface area contributed by atoms with Crippen molar-refractivity contribution in [2.45, 2.75) is 49.9 Å². The third-order valence-electron chi connectivity index (χ3n) is 9.42. The van der Waals surface area contributed by atoms with Crippen molar-refractivity contribution in [3.05, 3.63) is 29.3 Å². The monoisotopic (exact) mass is 569 g/mol. The van der Waals surface area contributed by atoms with Crippen molar-refractivity contribution in [1.82, 2.24) is 9.80 Å². The Morgan fingerprint density at radius 1 is 1.12 bits per heavy atom. The van der Waals surface area contributed by atoms with Crippen molar-refractivity contribution in [2.24, 2.45) is 29.4 Å². The summed E-state index contributed by atoms with van der Waals surface area (Å²) in [7, 11) is 2.95. The Morgan fingerprint density at radius 3 is 2.39 bits per heavy atom. The number of carbonyl (C=O) groups excluding carboxylic acids is 6. The van der Waals surface area contributed by atoms with Gasteiger partial charge in [-0.25, -0.2) is 0 Å². The van der Waals surface area contributed by atoms with Crippen LogP contribution >= 0.6 is 0 Å². The number of likely N-dealkylation sites (tertiary alicyclic amines) is 1. The second-order valence-electron chi connectivity index (χ2n) is 11.9. The molecule has 4 aliphatic rings. The van der Waals surface area contributed by atoms with Crippen LogP contribution in [0.15, 0.2) is 18.2 Å². The molecule has 2 saturated carbocycles. The number of rotatable bonds is 6. The molecule has 1 aliphatic heterocycles. The SMILES string of the molecule is C[C@H]1c2cccc(O)c2C(=O)C2C(=O)[C@]3(O)C(=O)C(C(N)=O)C(=O)[C@@H](N(C)C)[C@@H]3[C@@H](OC(=O)CCN3CCCC3)[C@@H]21. The molecule has 1 aromatic carbocycles. The van der Waals surface area contributed by atoms with Gasteiger partial charge in [-0.15, -0.1) is 0 Å². The number of phenolic OH excluding ortho intramolecular Hbond substituents is 1. The average Bonchev–Trinajstić information content (AvgIpc) is 3.42. The van der Waals surface area contributed by atoms with E-state index in [2.05, 4.69) is 4.90 Å². The number of ether oxygens (including phenoxy) is 1. The molecule has 5 rings (SSSR count). The van der Waals surface area contributed by atoms with Crippen molar-refractivity contribution in [2.75, 3.05) is 33.7 Å². The number of esters is 1. The first-order valence-electron chi connectivity index (χ1n) is 13.9. The first kappa shape index (κ1) is 29.0. The van der Waals surface area contributed by atoms with Crippen molar-refractivity contribution in [1.29, 1.82) is 0 Å². The van der Waals surface area contributed by atoms with Crippen LogP contribution in [-0.2, 0) is 28.7 Å². The number of benzene rings is 1. The summed E-state index contributed by atoms with van der Waals surface area (Å²) in [5.74, 6) is -13.9. The number of Topliss-reactive ketones (excluding diaryl/α,β-unsaturated/α-hetero) is 4. The molecule has 0 aromatic heterocycles. The van der Waals surface area contributed by atoms with Crippen molar-refractivity contribution >= 4 is 35.0 Å². The molecule has 3 aliphatic carbocycles. The summed E-state index contributed by atoms with van der Waals surface area (Å²) >= 11 is 0. The van der Waals surface area contributed by atoms with Crippen LogP contribution in [-0.4, -0.2) is 106 Å². The van der Waals surface area contributed by atoms with Gasteiger partial charge < -0.3 is 25.6 Å². The Hall–Kier alpha value is -3.48. The third kappa shape index (κ3) is 4.31. The molecule has 1 aromatic rings. The molecule has 0 bridgehead atoms. The van der Waals surface area contributed by atoms with Gasteiger partial charge in [-0.2, -0.15) is 0 Å². The first-order chi connectivity index (χ1) is 19.3. The molecule has 12 heteroatoms. The molecule has 1 heterocycles. The zero-order chi connectivity index (χ0) is 30.0. The predicted octanol–water partition coefficient (Wildman–Crippen LogP) is -0.564. The predicted molar refractivity (Wildman–Crippen MR) is 142 cm³/mol. The molecule has 1 amide bonds. The van der Waals surface area contributed by atoms with Crippen LogP contribution in [0.2, 0.25) is 0 Å². The van der Waals surface area contributed by atoms with E-state index in [4.69, 9.17) is 10.5 Å². The topological polar surface area (TPSA) is 185 Å². The number of carbonyl (C=O) groups is 6. The number of likely N-dealkylation sites (N-methyl/N-ethyl adjacent to an activating group) is 1. The molecule has 2 unspecified atom stereocenters. The molecule has 0 radical (unpaired) electrons. The number of aliphatic hydroxyl groups is 1. The van der Waals surface area contributed by atoms with Gasteiger partial charge in [0.15, 0.2) is 34.7 Å². The van der Waals surface area contributed by atoms with Gasteiger partial charge in [-0.05, 0) is 57.6 Å². The van der Waals surface area contributed by atoms with Gasteiger partial charge in [0.25, 0.3) is 0 Å². The lowest BCUT2D eigenvalue weighted by atomic mass is 9.49. The van der Waals surface area contributed by atoms with E-state index in [9.17, 15) is 39.0 Å². The van der Waals surface area contributed by atoms with Gasteiger partial charge in [-0.1, -0.05) is 19.1 Å². The Labute approximate surface area is 236 Å². The number of fused-ring (bicyclic) bond motifs is 3. The molecular weight excluding hydrogens is 534 g/mol. The number of hydrogen-bond donors (Lipinski definition) is 3. The lowest BCUT2D eigenvalue weighted by molar-refractivity contribution is -0.205. The van der Waals surface area contributed by atoms with Crippen molar-refractivity contribution < 1.29 is 43.7 Å². The third-order valence-corrected chi connectivity index (χ3v) is 9.42. The fourth-order valence-corrected chi connectivity index (χ4v) is 7.53. The zero-order valence-electron chi connectivity index (χ0n) is 23.2. The summed E-state index contributed by atoms with van der Waals surface area (Å²) in [6, 6.07) is 3.04. The maximum absolute atomic E-state index is 14.2. The number of amides is 1. The number of nitrogens with zero attached hydrogens (tertiary/aromatic N) is 2. The molecule has 8 atom stereocenters. The van der Waals surface area contributed by atoms with Crippen molar-refractivity contribution in [3.8, 4) is 5.75 Å². The van der Waals surface area contributed by atoms with E-state index in [-0.39, 0.29) is 17.7 Å². The molecule has 0 spiro atoms. The maximum atomic E-state index is 14.2. The Morgan fingerprint density at radius 2 is 1.78 bits per heavy atom. The van der Waals surface area contributed by atoms with Gasteiger partial charge in [0.05, 0.1) is 29.9 Å². The summed E-state index contributed by atoms with van der Waals surface area (Å²) < 4.78 is 6.00. The van der Waals surface area contributed by atoms with Crippen LogP contribution in [0.25, 0.3) is 0 Å². The quantitative estimate of drug-likeness (QED) is 0.295. The van der Waals surface area contributed by atoms with Gasteiger partial charge in [0.1, 0.15) is 11.9 Å². The Balaban J connectivity index is 1.66. The smallest absolute Gasteiger partial charge is 0.307 e. The van der Waals surface area contributed by atoms with Gasteiger partial charge in [0.2, 0.25) is 5.91 Å². The number of phenols is 1. The van der Waals surface area contributed by atoms with E-state index in [1.165, 1.54) is 25.1 Å². The van der Waals surface area contributed by atoms with Crippen LogP contribution in [0.4, 0.5) is 0 Å². The summed E-state index contributed by atoms with van der Waals surface area (Å²) in [5, 5.41) is 22.6. The molecule has 220 valence electrons. The van der Waals surface area contributed by atoms with Crippen molar-refractivity contribution in [3.63, 3.8) is 0 Å². The zero-order valence-corrected chi connectivity index (χ0v) is 23.2. The highest BCUT2D eigenvalue weighted by atomic mass is 16.5. The lowest BCUT2D eigenvalue weighted by Gasteiger charge is -2.56. The summed E-state index contributed by atoms with van der Waals surface area (Å²) in [4.78, 5) is 84.4. The van der Waals surface area contributed by atoms with E-state index in [1.54, 1.807) is 19.1 Å². The van der Waals surface area contributed by atoms with Crippen LogP contribution in [0, 0.1) is 23.7 Å². The molecule has 3 fully saturated rings. The van der Waals surface area contributed by atoms with Crippen LogP contribution in [0.3, 0.4) is 0 Å². The minimum absolute atomic E-state index is 0.0227. The molecule has 12 nitrogen and oxygen atoms in total. The fraction of sp³-hybridized carbons (Fsp3) is 0.586. The van der Waals surface area contributed by atoms with Crippen LogP contribution in [0.5, 0.6) is 5.75 Å². The number of ketones is 4. The summed E-state index contributed by atoms with van der Waals surface area (Å²) in [6.45, 7) is 3.79. The first-order valence-corrected chi connectivity index (χ1v) is 13.9. The Kier molecular flexibility index (Phi) is 7.37. The van der Waals surface area contributed by atoms with Gasteiger partial charge >= 0.3 is 5.97 Å². The molecular formula is C29H35N3O9. The van der Waals surface area contributed by atoms with E-state index in [0.717, 1.165) is 25.9 Å². The minimum Gasteiger partial charge on any atom is -0.507 e. The molecule has 1 saturated heterocycles. The normalized spacial score (nSPS) is 35.2. The summed E-state index contributed by atoms with van der Waals surface area (Å²) in [5.41, 5.74) is 2.67. The Bertz CT molecular complexity index is 1340. The van der Waals surface area contributed by atoms with E-state index in [0.29, 0.717) is 12.1 Å². The maximum Gasteiger partial charge on any atom is 0.307 e. The fourth-order valence-electron chi connectivity index (χ4n) is 7.53. The highest BCUT2D eigenvalue weighted by Gasteiger charge is 2.74. The molecule has 41 heavy (non-hydrogen) atoms.